The fourth-order valence-electron chi connectivity index (χ4n) is 1.06. The molecule has 7 heteroatoms. The van der Waals surface area contributed by atoms with Crippen LogP contribution < -0.4 is 5.73 Å². The van der Waals surface area contributed by atoms with Crippen molar-refractivity contribution in [2.24, 2.45) is 0 Å². The van der Waals surface area contributed by atoms with Crippen molar-refractivity contribution in [2.45, 2.75) is 12.8 Å². The largest absolute Gasteiger partial charge is 0.481 e. The second kappa shape index (κ2) is 4.69. The zero-order chi connectivity index (χ0) is 11.6. The third-order valence-electron chi connectivity index (χ3n) is 1.64. The number of nitrogen functional groups attached to an aromatic ring is 1. The molecule has 4 nitrogen and oxygen atoms in total. The van der Waals surface area contributed by atoms with Crippen molar-refractivity contribution in [1.29, 1.82) is 0 Å². The average Bonchev–Trinajstić information content (AvgIpc) is 1.99. The van der Waals surface area contributed by atoms with Crippen LogP contribution in [0.4, 0.5) is 14.6 Å². The molecule has 0 unspecified atom stereocenters. The third-order valence-corrected chi connectivity index (χ3v) is 2.53. The van der Waals surface area contributed by atoms with Crippen LogP contribution in [0.2, 0.25) is 0 Å². The van der Waals surface area contributed by atoms with E-state index in [9.17, 15) is 13.6 Å². The lowest BCUT2D eigenvalue weighted by Crippen LogP contribution is -2.08. The molecule has 0 fully saturated rings. The molecule has 1 heterocycles. The van der Waals surface area contributed by atoms with Crippen LogP contribution in [0.25, 0.3) is 0 Å². The van der Waals surface area contributed by atoms with Gasteiger partial charge in [0.1, 0.15) is 5.82 Å². The van der Waals surface area contributed by atoms with Crippen molar-refractivity contribution in [3.05, 3.63) is 20.9 Å². The first-order chi connectivity index (χ1) is 6.91. The highest BCUT2D eigenvalue weighted by molar-refractivity contribution is 14.1. The Morgan fingerprint density at radius 3 is 2.67 bits per heavy atom. The molecule has 0 aliphatic carbocycles. The number of nitrogens with zero attached hydrogens (tertiary/aromatic N) is 1. The fraction of sp³-hybridized carbons (Fsp3) is 0.250. The molecule has 0 aliphatic rings. The number of pyridine rings is 1. The van der Waals surface area contributed by atoms with Gasteiger partial charge in [-0.05, 0) is 28.7 Å². The first-order valence-corrected chi connectivity index (χ1v) is 4.94. The third kappa shape index (κ3) is 2.98. The Hall–Kier alpha value is -0.990. The topological polar surface area (TPSA) is 76.2 Å². The molecule has 82 valence electrons. The van der Waals surface area contributed by atoms with Crippen LogP contribution in [-0.2, 0) is 11.2 Å². The van der Waals surface area contributed by atoms with Crippen LogP contribution in [0.15, 0.2) is 6.07 Å². The number of carbonyl (C=O) groups is 1. The molecule has 0 saturated heterocycles. The molecular formula is C8H7F2IN2O2. The van der Waals surface area contributed by atoms with Crippen LogP contribution in [-0.4, -0.2) is 16.1 Å². The maximum atomic E-state index is 12.4. The normalized spacial score (nSPS) is 10.7. The Labute approximate surface area is 97.6 Å². The highest BCUT2D eigenvalue weighted by Crippen LogP contribution is 2.29. The Bertz CT molecular complexity index is 375. The molecule has 1 aromatic heterocycles. The van der Waals surface area contributed by atoms with E-state index in [-0.39, 0.29) is 27.1 Å². The van der Waals surface area contributed by atoms with Crippen molar-refractivity contribution in [3.63, 3.8) is 0 Å². The second-order valence-electron chi connectivity index (χ2n) is 2.77. The number of carboxylic acid groups (broad SMARTS) is 1. The van der Waals surface area contributed by atoms with Gasteiger partial charge in [0.15, 0.2) is 0 Å². The number of rotatable bonds is 3. The van der Waals surface area contributed by atoms with E-state index in [1.807, 2.05) is 0 Å². The van der Waals surface area contributed by atoms with Gasteiger partial charge in [-0.25, -0.2) is 13.8 Å². The summed E-state index contributed by atoms with van der Waals surface area (Å²) in [5, 5.41) is 8.50. The van der Waals surface area contributed by atoms with Gasteiger partial charge < -0.3 is 10.8 Å². The number of alkyl halides is 2. The highest BCUT2D eigenvalue weighted by atomic mass is 127. The lowest BCUT2D eigenvalue weighted by molar-refractivity contribution is -0.136. The first-order valence-electron chi connectivity index (χ1n) is 3.86. The van der Waals surface area contributed by atoms with Gasteiger partial charge in [0.2, 0.25) is 0 Å². The molecule has 3 N–H and O–H groups in total. The van der Waals surface area contributed by atoms with E-state index in [0.717, 1.165) is 0 Å². The van der Waals surface area contributed by atoms with Gasteiger partial charge in [-0.2, -0.15) is 0 Å². The minimum atomic E-state index is -2.71. The van der Waals surface area contributed by atoms with Crippen molar-refractivity contribution in [1.82, 2.24) is 4.98 Å². The molecule has 0 spiro atoms. The number of hydrogen-bond acceptors (Lipinski definition) is 3. The molecular weight excluding hydrogens is 321 g/mol. The molecule has 0 atom stereocenters. The highest BCUT2D eigenvalue weighted by Gasteiger charge is 2.18. The van der Waals surface area contributed by atoms with Gasteiger partial charge in [-0.15, -0.1) is 0 Å². The minimum Gasteiger partial charge on any atom is -0.481 e. The van der Waals surface area contributed by atoms with Crippen LogP contribution in [0, 0.1) is 3.57 Å². The number of nitrogens with two attached hydrogens (primary N) is 1. The van der Waals surface area contributed by atoms with E-state index in [4.69, 9.17) is 10.8 Å². The van der Waals surface area contributed by atoms with Crippen molar-refractivity contribution >= 4 is 34.4 Å². The molecule has 15 heavy (non-hydrogen) atoms. The van der Waals surface area contributed by atoms with E-state index >= 15 is 0 Å². The molecule has 1 aromatic rings. The summed E-state index contributed by atoms with van der Waals surface area (Å²) < 4.78 is 25.1. The van der Waals surface area contributed by atoms with Crippen molar-refractivity contribution in [2.75, 3.05) is 5.73 Å². The van der Waals surface area contributed by atoms with Gasteiger partial charge in [0.05, 0.1) is 17.7 Å². The van der Waals surface area contributed by atoms with Crippen molar-refractivity contribution in [3.8, 4) is 0 Å². The monoisotopic (exact) mass is 328 g/mol. The number of carboxylic acids is 1. The van der Waals surface area contributed by atoms with Gasteiger partial charge in [-0.1, -0.05) is 0 Å². The minimum absolute atomic E-state index is 0.175. The van der Waals surface area contributed by atoms with Crippen molar-refractivity contribution < 1.29 is 18.7 Å². The summed E-state index contributed by atoms with van der Waals surface area (Å²) in [6.07, 6.45) is -3.03. The SMILES string of the molecule is Nc1nc(CC(=O)O)cc(I)c1C(F)F. The van der Waals surface area contributed by atoms with E-state index in [2.05, 4.69) is 4.98 Å². The quantitative estimate of drug-likeness (QED) is 0.830. The summed E-state index contributed by atoms with van der Waals surface area (Å²) in [5.74, 6) is -1.39. The second-order valence-corrected chi connectivity index (χ2v) is 3.93. The van der Waals surface area contributed by atoms with Gasteiger partial charge in [0, 0.05) is 3.57 Å². The van der Waals surface area contributed by atoms with Crippen LogP contribution in [0.1, 0.15) is 17.7 Å². The Kier molecular flexibility index (Phi) is 3.77. The number of aromatic nitrogens is 1. The molecule has 0 aromatic carbocycles. The molecule has 1 rings (SSSR count). The predicted molar refractivity (Wildman–Crippen MR) is 57.7 cm³/mol. The number of hydrogen-bond donors (Lipinski definition) is 2. The summed E-state index contributed by atoms with van der Waals surface area (Å²) in [7, 11) is 0. The zero-order valence-corrected chi connectivity index (χ0v) is 9.53. The summed E-state index contributed by atoms with van der Waals surface area (Å²) in [6, 6.07) is 1.30. The molecule has 0 bridgehead atoms. The molecule has 0 saturated carbocycles. The molecule has 0 radical (unpaired) electrons. The number of halogens is 3. The maximum absolute atomic E-state index is 12.4. The van der Waals surface area contributed by atoms with Gasteiger partial charge in [0.25, 0.3) is 6.43 Å². The van der Waals surface area contributed by atoms with E-state index in [0.29, 0.717) is 0 Å². The van der Waals surface area contributed by atoms with E-state index < -0.39 is 12.4 Å². The molecule has 0 aliphatic heterocycles. The average molecular weight is 328 g/mol. The summed E-state index contributed by atoms with van der Waals surface area (Å²) >= 11 is 1.68. The number of anilines is 1. The zero-order valence-electron chi connectivity index (χ0n) is 7.38. The standard InChI is InChI=1S/C8H7F2IN2O2/c9-7(10)6-4(11)1-3(2-5(14)15)13-8(6)12/h1,7H,2H2,(H2,12,13)(H,14,15). The number of aliphatic carboxylic acids is 1. The lowest BCUT2D eigenvalue weighted by Gasteiger charge is -2.08. The van der Waals surface area contributed by atoms with Crippen LogP contribution in [0.3, 0.4) is 0 Å². The van der Waals surface area contributed by atoms with Crippen LogP contribution in [0.5, 0.6) is 0 Å². The maximum Gasteiger partial charge on any atom is 0.309 e. The summed E-state index contributed by atoms with van der Waals surface area (Å²) in [6.45, 7) is 0. The van der Waals surface area contributed by atoms with Gasteiger partial charge >= 0.3 is 5.97 Å². The van der Waals surface area contributed by atoms with Crippen LogP contribution >= 0.6 is 22.6 Å². The first kappa shape index (κ1) is 12.1. The Morgan fingerprint density at radius 2 is 2.27 bits per heavy atom. The summed E-state index contributed by atoms with van der Waals surface area (Å²) in [5.41, 5.74) is 5.14. The van der Waals surface area contributed by atoms with E-state index in [1.165, 1.54) is 6.07 Å². The van der Waals surface area contributed by atoms with E-state index in [1.54, 1.807) is 22.6 Å². The summed E-state index contributed by atoms with van der Waals surface area (Å²) in [4.78, 5) is 14.0. The fourth-order valence-corrected chi connectivity index (χ4v) is 1.93. The molecule has 0 amide bonds. The predicted octanol–water partition coefficient (Wildman–Crippen LogP) is 1.83. The Balaban J connectivity index is 3.13. The smallest absolute Gasteiger partial charge is 0.309 e. The Morgan fingerprint density at radius 1 is 1.67 bits per heavy atom. The van der Waals surface area contributed by atoms with Gasteiger partial charge in [-0.3, -0.25) is 4.79 Å². The lowest BCUT2D eigenvalue weighted by atomic mass is 10.2.